The molecule has 0 saturated heterocycles. The van der Waals surface area contributed by atoms with Crippen molar-refractivity contribution in [2.45, 2.75) is 60.0 Å². The van der Waals surface area contributed by atoms with E-state index in [4.69, 9.17) is 0 Å². The summed E-state index contributed by atoms with van der Waals surface area (Å²) in [5.74, 6) is -0.384. The highest BCUT2D eigenvalue weighted by Gasteiger charge is 2.31. The van der Waals surface area contributed by atoms with Gasteiger partial charge in [0.2, 0.25) is 21.8 Å². The predicted octanol–water partition coefficient (Wildman–Crippen LogP) is 4.07. The van der Waals surface area contributed by atoms with Gasteiger partial charge in [-0.15, -0.1) is 0 Å². The molecule has 1 unspecified atom stereocenters. The summed E-state index contributed by atoms with van der Waals surface area (Å²) in [6, 6.07) is 14.1. The molecule has 7 nitrogen and oxygen atoms in total. The van der Waals surface area contributed by atoms with Gasteiger partial charge in [-0.3, -0.25) is 13.9 Å². The monoisotopic (exact) mass is 501 g/mol. The smallest absolute Gasteiger partial charge is 0.244 e. The number of nitrogens with zero attached hydrogens (tertiary/aromatic N) is 2. The number of anilines is 1. The molecule has 0 radical (unpaired) electrons. The van der Waals surface area contributed by atoms with E-state index in [-0.39, 0.29) is 24.3 Å². The fourth-order valence-corrected chi connectivity index (χ4v) is 4.59. The maximum absolute atomic E-state index is 13.6. The van der Waals surface area contributed by atoms with Gasteiger partial charge in [0.25, 0.3) is 0 Å². The molecule has 0 aliphatic rings. The Balaban J connectivity index is 2.42. The van der Waals surface area contributed by atoms with Crippen LogP contribution in [-0.4, -0.2) is 50.5 Å². The van der Waals surface area contributed by atoms with Gasteiger partial charge in [-0.05, 0) is 42.9 Å². The maximum Gasteiger partial charge on any atom is 0.244 e. The fourth-order valence-electron chi connectivity index (χ4n) is 3.72. The Morgan fingerprint density at radius 2 is 1.54 bits per heavy atom. The molecule has 2 aromatic rings. The van der Waals surface area contributed by atoms with Crippen LogP contribution in [0.4, 0.5) is 5.69 Å². The van der Waals surface area contributed by atoms with E-state index in [0.29, 0.717) is 12.2 Å². The minimum absolute atomic E-state index is 0.0648. The number of aryl methyl sites for hydroxylation is 1. The normalized spacial score (nSPS) is 12.5. The van der Waals surface area contributed by atoms with Crippen LogP contribution < -0.4 is 9.62 Å². The van der Waals surface area contributed by atoms with E-state index in [2.05, 4.69) is 5.32 Å². The van der Waals surface area contributed by atoms with Gasteiger partial charge in [-0.25, -0.2) is 8.42 Å². The van der Waals surface area contributed by atoms with Crippen LogP contribution >= 0.6 is 0 Å². The van der Waals surface area contributed by atoms with Gasteiger partial charge < -0.3 is 10.2 Å². The number of carbonyl (C=O) groups is 2. The topological polar surface area (TPSA) is 86.8 Å². The fraction of sp³-hybridized carbons (Fsp3) is 0.481. The molecule has 0 spiro atoms. The highest BCUT2D eigenvalue weighted by atomic mass is 32.2. The molecule has 0 bridgehead atoms. The first-order valence-corrected chi connectivity index (χ1v) is 13.9. The average molecular weight is 502 g/mol. The first-order chi connectivity index (χ1) is 16.3. The summed E-state index contributed by atoms with van der Waals surface area (Å²) in [5, 5.41) is 2.89. The van der Waals surface area contributed by atoms with E-state index >= 15 is 0 Å². The highest BCUT2D eigenvalue weighted by molar-refractivity contribution is 7.92. The van der Waals surface area contributed by atoms with Crippen LogP contribution in [0, 0.1) is 12.8 Å². The molecule has 192 valence electrons. The molecule has 35 heavy (non-hydrogen) atoms. The van der Waals surface area contributed by atoms with Gasteiger partial charge in [0.15, 0.2) is 0 Å². The summed E-state index contributed by atoms with van der Waals surface area (Å²) >= 11 is 0. The van der Waals surface area contributed by atoms with Crippen molar-refractivity contribution in [1.82, 2.24) is 10.2 Å². The molecule has 0 aromatic heterocycles. The zero-order valence-electron chi connectivity index (χ0n) is 21.9. The number of hydrogen-bond donors (Lipinski definition) is 1. The third-order valence-electron chi connectivity index (χ3n) is 5.83. The van der Waals surface area contributed by atoms with E-state index < -0.39 is 28.5 Å². The molecular weight excluding hydrogens is 462 g/mol. The van der Waals surface area contributed by atoms with Crippen LogP contribution in [0.25, 0.3) is 0 Å². The van der Waals surface area contributed by atoms with Crippen molar-refractivity contribution in [3.8, 4) is 0 Å². The molecule has 1 atom stereocenters. The molecule has 2 aromatic carbocycles. The standard InChI is InChI=1S/C27H39N3O4S/c1-19(2)16-28-27(32)22(6)29(17-23-14-12-21(5)13-15-23)26(31)18-30(35(7,33)34)25-11-9-8-10-24(25)20(3)4/h8-15,19-20,22H,16-18H2,1-7H3,(H,28,32). The second-order valence-corrected chi connectivity index (χ2v) is 11.7. The van der Waals surface area contributed by atoms with Gasteiger partial charge in [-0.1, -0.05) is 75.7 Å². The van der Waals surface area contributed by atoms with E-state index in [1.807, 2.05) is 71.0 Å². The zero-order valence-corrected chi connectivity index (χ0v) is 22.7. The Morgan fingerprint density at radius 1 is 0.943 bits per heavy atom. The molecule has 8 heteroatoms. The average Bonchev–Trinajstić information content (AvgIpc) is 2.79. The summed E-state index contributed by atoms with van der Waals surface area (Å²) in [4.78, 5) is 28.0. The molecule has 0 aliphatic carbocycles. The third-order valence-corrected chi connectivity index (χ3v) is 6.96. The number of amides is 2. The summed E-state index contributed by atoms with van der Waals surface area (Å²) < 4.78 is 26.8. The highest BCUT2D eigenvalue weighted by Crippen LogP contribution is 2.29. The zero-order chi connectivity index (χ0) is 26.3. The number of para-hydroxylation sites is 1. The quantitative estimate of drug-likeness (QED) is 0.503. The van der Waals surface area contributed by atoms with Crippen molar-refractivity contribution in [3.05, 3.63) is 65.2 Å². The lowest BCUT2D eigenvalue weighted by atomic mass is 10.0. The minimum Gasteiger partial charge on any atom is -0.354 e. The molecule has 1 N–H and O–H groups in total. The first kappa shape index (κ1) is 28.4. The lowest BCUT2D eigenvalue weighted by Gasteiger charge is -2.32. The summed E-state index contributed by atoms with van der Waals surface area (Å²) in [6.45, 7) is 11.9. The van der Waals surface area contributed by atoms with Crippen molar-refractivity contribution in [2.24, 2.45) is 5.92 Å². The number of benzene rings is 2. The Hall–Kier alpha value is -2.87. The van der Waals surface area contributed by atoms with Crippen LogP contribution in [0.5, 0.6) is 0 Å². The molecule has 2 rings (SSSR count). The van der Waals surface area contributed by atoms with Crippen LogP contribution in [-0.2, 0) is 26.2 Å². The Labute approximate surface area is 210 Å². The molecule has 2 amide bonds. The Morgan fingerprint density at radius 3 is 2.09 bits per heavy atom. The Bertz CT molecular complexity index is 1110. The lowest BCUT2D eigenvalue weighted by Crippen LogP contribution is -2.51. The number of hydrogen-bond acceptors (Lipinski definition) is 4. The lowest BCUT2D eigenvalue weighted by molar-refractivity contribution is -0.139. The minimum atomic E-state index is -3.76. The van der Waals surface area contributed by atoms with E-state index in [1.165, 1.54) is 4.90 Å². The van der Waals surface area contributed by atoms with Crippen molar-refractivity contribution in [3.63, 3.8) is 0 Å². The van der Waals surface area contributed by atoms with E-state index in [0.717, 1.165) is 27.3 Å². The van der Waals surface area contributed by atoms with Gasteiger partial charge in [0, 0.05) is 13.1 Å². The molecule has 0 saturated carbocycles. The van der Waals surface area contributed by atoms with Crippen LogP contribution in [0.3, 0.4) is 0 Å². The summed E-state index contributed by atoms with van der Waals surface area (Å²) in [6.07, 6.45) is 1.10. The first-order valence-electron chi connectivity index (χ1n) is 12.0. The van der Waals surface area contributed by atoms with Crippen molar-refractivity contribution in [1.29, 1.82) is 0 Å². The van der Waals surface area contributed by atoms with Crippen LogP contribution in [0.1, 0.15) is 57.2 Å². The van der Waals surface area contributed by atoms with E-state index in [9.17, 15) is 18.0 Å². The number of sulfonamides is 1. The largest absolute Gasteiger partial charge is 0.354 e. The SMILES string of the molecule is Cc1ccc(CN(C(=O)CN(c2ccccc2C(C)C)S(C)(=O)=O)C(C)C(=O)NCC(C)C)cc1. The van der Waals surface area contributed by atoms with Gasteiger partial charge in [0.1, 0.15) is 12.6 Å². The van der Waals surface area contributed by atoms with Crippen molar-refractivity contribution in [2.75, 3.05) is 23.7 Å². The number of rotatable bonds is 11. The van der Waals surface area contributed by atoms with Crippen molar-refractivity contribution >= 4 is 27.5 Å². The van der Waals surface area contributed by atoms with Gasteiger partial charge in [-0.2, -0.15) is 0 Å². The molecule has 0 aliphatic heterocycles. The van der Waals surface area contributed by atoms with Crippen molar-refractivity contribution < 1.29 is 18.0 Å². The second-order valence-electron chi connectivity index (χ2n) is 9.81. The van der Waals surface area contributed by atoms with Gasteiger partial charge in [0.05, 0.1) is 11.9 Å². The third kappa shape index (κ3) is 8.09. The maximum atomic E-state index is 13.6. The Kier molecular flexibility index (Phi) is 9.89. The summed E-state index contributed by atoms with van der Waals surface area (Å²) in [5.41, 5.74) is 3.26. The molecule has 0 fully saturated rings. The number of nitrogens with one attached hydrogen (secondary N) is 1. The predicted molar refractivity (Wildman–Crippen MR) is 142 cm³/mol. The molecule has 0 heterocycles. The second kappa shape index (κ2) is 12.2. The van der Waals surface area contributed by atoms with Crippen LogP contribution in [0.15, 0.2) is 48.5 Å². The van der Waals surface area contributed by atoms with Gasteiger partial charge >= 0.3 is 0 Å². The van der Waals surface area contributed by atoms with E-state index in [1.54, 1.807) is 19.1 Å². The van der Waals surface area contributed by atoms with Crippen LogP contribution in [0.2, 0.25) is 0 Å². The number of carbonyl (C=O) groups excluding carboxylic acids is 2. The molecular formula is C27H39N3O4S. The summed E-state index contributed by atoms with van der Waals surface area (Å²) in [7, 11) is -3.76.